The van der Waals surface area contributed by atoms with Crippen LogP contribution in [0.15, 0.2) is 70.1 Å². The van der Waals surface area contributed by atoms with Gasteiger partial charge in [0, 0.05) is 11.8 Å². The van der Waals surface area contributed by atoms with Crippen molar-refractivity contribution in [2.24, 2.45) is 15.1 Å². The summed E-state index contributed by atoms with van der Waals surface area (Å²) in [5, 5.41) is 7.68. The number of fused-ring (bicyclic) bond motifs is 1. The zero-order valence-corrected chi connectivity index (χ0v) is 13.8. The molecule has 3 N–H and O–H groups in total. The van der Waals surface area contributed by atoms with Crippen LogP contribution in [-0.4, -0.2) is 29.6 Å². The van der Waals surface area contributed by atoms with Crippen molar-refractivity contribution >= 4 is 35.2 Å². The molecule has 10 heteroatoms. The molecule has 0 fully saturated rings. The van der Waals surface area contributed by atoms with Gasteiger partial charge in [0.25, 0.3) is 11.8 Å². The highest BCUT2D eigenvalue weighted by Gasteiger charge is 2.43. The first-order valence-electron chi connectivity index (χ1n) is 7.88. The summed E-state index contributed by atoms with van der Waals surface area (Å²) in [6.45, 7) is -2.87. The maximum absolute atomic E-state index is 12.2. The number of alkyl halides is 2. The number of benzene rings is 1. The van der Waals surface area contributed by atoms with E-state index >= 15 is 0 Å². The quantitative estimate of drug-likeness (QED) is 0.809. The lowest BCUT2D eigenvalue weighted by atomic mass is 10.3. The van der Waals surface area contributed by atoms with Crippen LogP contribution in [0.3, 0.4) is 0 Å². The summed E-state index contributed by atoms with van der Waals surface area (Å²) in [5.41, 5.74) is 7.02. The monoisotopic (exact) mass is 370 g/mol. The minimum absolute atomic E-state index is 0.0360. The fraction of sp³-hybridized carbons (Fsp3) is 0.0588. The van der Waals surface area contributed by atoms with E-state index in [0.717, 1.165) is 5.69 Å². The maximum atomic E-state index is 12.2. The van der Waals surface area contributed by atoms with E-state index in [0.29, 0.717) is 23.3 Å². The molecule has 27 heavy (non-hydrogen) atoms. The van der Waals surface area contributed by atoms with E-state index in [4.69, 9.17) is 5.73 Å². The van der Waals surface area contributed by atoms with E-state index in [2.05, 4.69) is 30.1 Å². The molecule has 1 unspecified atom stereocenters. The van der Waals surface area contributed by atoms with Gasteiger partial charge >= 0.3 is 6.61 Å². The van der Waals surface area contributed by atoms with Crippen LogP contribution in [0.4, 0.5) is 26.0 Å². The topological polar surface area (TPSA) is 97.2 Å². The lowest BCUT2D eigenvalue weighted by Gasteiger charge is -2.23. The van der Waals surface area contributed by atoms with Gasteiger partial charge in [-0.15, -0.1) is 0 Å². The summed E-state index contributed by atoms with van der Waals surface area (Å²) in [6, 6.07) is 9.54. The Hall–Kier alpha value is -3.66. The third-order valence-electron chi connectivity index (χ3n) is 3.88. The molecule has 2 aromatic rings. The number of ether oxygens (including phenoxy) is 1. The Balaban J connectivity index is 1.62. The Kier molecular flexibility index (Phi) is 4.09. The Morgan fingerprint density at radius 3 is 2.63 bits per heavy atom. The molecule has 1 atom stereocenters. The third kappa shape index (κ3) is 3.25. The van der Waals surface area contributed by atoms with Crippen LogP contribution < -0.4 is 20.4 Å². The molecule has 0 bridgehead atoms. The molecule has 2 aliphatic rings. The number of nitrogens with two attached hydrogens (primary N) is 1. The first-order chi connectivity index (χ1) is 13.0. The Bertz CT molecular complexity index is 968. The molecule has 136 valence electrons. The van der Waals surface area contributed by atoms with Crippen LogP contribution in [0.25, 0.3) is 0 Å². The van der Waals surface area contributed by atoms with Crippen molar-refractivity contribution in [2.75, 3.05) is 11.1 Å². The minimum atomic E-state index is -2.87. The maximum Gasteiger partial charge on any atom is 0.387 e. The zero-order valence-electron chi connectivity index (χ0n) is 13.8. The molecule has 0 aliphatic carbocycles. The van der Waals surface area contributed by atoms with E-state index in [9.17, 15) is 8.78 Å². The van der Waals surface area contributed by atoms with E-state index in [1.165, 1.54) is 12.1 Å². The van der Waals surface area contributed by atoms with E-state index in [1.807, 2.05) is 6.07 Å². The number of quaternary nitrogens is 1. The SMILES string of the molecule is Nc1ccc([N+]23C=CN=CC2=NC(Nc2ccc(OC(F)F)cc2)=N3)cn1. The van der Waals surface area contributed by atoms with Crippen LogP contribution in [0.2, 0.25) is 0 Å². The van der Waals surface area contributed by atoms with Crippen molar-refractivity contribution < 1.29 is 13.5 Å². The summed E-state index contributed by atoms with van der Waals surface area (Å²) in [6.07, 6.45) is 6.62. The van der Waals surface area contributed by atoms with Gasteiger partial charge in [-0.2, -0.15) is 13.8 Å². The number of anilines is 2. The highest BCUT2D eigenvalue weighted by atomic mass is 19.3. The highest BCUT2D eigenvalue weighted by molar-refractivity contribution is 6.38. The zero-order chi connectivity index (χ0) is 18.9. The molecule has 3 heterocycles. The van der Waals surface area contributed by atoms with Gasteiger partial charge in [0.1, 0.15) is 17.8 Å². The van der Waals surface area contributed by atoms with E-state index < -0.39 is 6.61 Å². The lowest BCUT2D eigenvalue weighted by molar-refractivity contribution is -0.0498. The minimum Gasteiger partial charge on any atom is -0.435 e. The molecule has 1 aromatic carbocycles. The number of hydrogen-bond donors (Lipinski definition) is 2. The second kappa shape index (κ2) is 6.57. The van der Waals surface area contributed by atoms with Crippen molar-refractivity contribution in [3.63, 3.8) is 0 Å². The number of hydrogen-bond acceptors (Lipinski definition) is 7. The number of guanidine groups is 1. The average molecular weight is 370 g/mol. The predicted molar refractivity (Wildman–Crippen MR) is 99.6 cm³/mol. The van der Waals surface area contributed by atoms with Gasteiger partial charge in [-0.1, -0.05) is 4.59 Å². The van der Waals surface area contributed by atoms with Crippen molar-refractivity contribution in [1.82, 2.24) is 9.58 Å². The molecule has 0 spiro atoms. The molecule has 0 radical (unpaired) electrons. The largest absolute Gasteiger partial charge is 0.435 e. The first kappa shape index (κ1) is 16.8. The van der Waals surface area contributed by atoms with Crippen LogP contribution in [-0.2, 0) is 0 Å². The molecule has 8 nitrogen and oxygen atoms in total. The Morgan fingerprint density at radius 1 is 1.11 bits per heavy atom. The van der Waals surface area contributed by atoms with Crippen molar-refractivity contribution in [3.8, 4) is 5.75 Å². The Labute approximate surface area is 152 Å². The number of halogens is 2. The van der Waals surface area contributed by atoms with Gasteiger partial charge in [-0.3, -0.25) is 4.99 Å². The number of pyridine rings is 1. The van der Waals surface area contributed by atoms with E-state index in [1.54, 1.807) is 43.0 Å². The van der Waals surface area contributed by atoms with Crippen molar-refractivity contribution in [3.05, 3.63) is 55.0 Å². The number of nitrogen functional groups attached to an aromatic ring is 1. The van der Waals surface area contributed by atoms with Crippen molar-refractivity contribution in [2.45, 2.75) is 6.61 Å². The van der Waals surface area contributed by atoms with Crippen molar-refractivity contribution in [1.29, 1.82) is 0 Å². The number of amidine groups is 1. The molecule has 0 amide bonds. The van der Waals surface area contributed by atoms with Crippen LogP contribution in [0.5, 0.6) is 5.75 Å². The van der Waals surface area contributed by atoms with Gasteiger partial charge in [0.15, 0.2) is 11.9 Å². The molecule has 4 rings (SSSR count). The standard InChI is InChI=1S/C17H14F2N7O/c18-16(19)27-13-4-1-11(2-5-13)23-17-24-15-10-21-7-8-26(15,25-17)12-3-6-14(20)22-9-12/h1-10,16H,(H2,20,22)(H,23,25)/q+1. The Morgan fingerprint density at radius 2 is 1.93 bits per heavy atom. The summed E-state index contributed by atoms with van der Waals surface area (Å²) < 4.78 is 28.8. The molecular formula is C17H14F2N7O+. The molecule has 2 aliphatic heterocycles. The van der Waals surface area contributed by atoms with Gasteiger partial charge in [0.05, 0.1) is 12.4 Å². The summed E-state index contributed by atoms with van der Waals surface area (Å²) in [7, 11) is 0. The fourth-order valence-electron chi connectivity index (χ4n) is 2.66. The number of rotatable bonds is 4. The van der Waals surface area contributed by atoms with Crippen LogP contribution in [0, 0.1) is 0 Å². The normalized spacial score (nSPS) is 20.3. The molecule has 0 saturated carbocycles. The van der Waals surface area contributed by atoms with E-state index in [-0.39, 0.29) is 10.3 Å². The van der Waals surface area contributed by atoms with Gasteiger partial charge in [0.2, 0.25) is 0 Å². The van der Waals surface area contributed by atoms with Crippen LogP contribution in [0.1, 0.15) is 0 Å². The van der Waals surface area contributed by atoms with Gasteiger partial charge in [-0.05, 0) is 35.4 Å². The second-order valence-corrected chi connectivity index (χ2v) is 5.62. The molecule has 1 aromatic heterocycles. The third-order valence-corrected chi connectivity index (χ3v) is 3.88. The lowest BCUT2D eigenvalue weighted by Crippen LogP contribution is -2.44. The molecular weight excluding hydrogens is 356 g/mol. The predicted octanol–water partition coefficient (Wildman–Crippen LogP) is 2.92. The smallest absolute Gasteiger partial charge is 0.387 e. The second-order valence-electron chi connectivity index (χ2n) is 5.62. The highest BCUT2D eigenvalue weighted by Crippen LogP contribution is 2.31. The number of nitrogens with one attached hydrogen (secondary N) is 1. The summed E-state index contributed by atoms with van der Waals surface area (Å²) in [4.78, 5) is 12.7. The summed E-state index contributed by atoms with van der Waals surface area (Å²) >= 11 is 0. The number of aliphatic imine (C=N–C) groups is 2. The van der Waals surface area contributed by atoms with Gasteiger partial charge < -0.3 is 15.8 Å². The number of aromatic nitrogens is 1. The number of nitrogens with zero attached hydrogens (tertiary/aromatic N) is 5. The average Bonchev–Trinajstić information content (AvgIpc) is 3.02. The van der Waals surface area contributed by atoms with Gasteiger partial charge in [-0.25, -0.2) is 4.98 Å². The fourth-order valence-corrected chi connectivity index (χ4v) is 2.66. The summed E-state index contributed by atoms with van der Waals surface area (Å²) in [5.74, 6) is 1.38. The van der Waals surface area contributed by atoms with Crippen LogP contribution >= 0.6 is 0 Å². The molecule has 0 saturated heterocycles. The first-order valence-corrected chi connectivity index (χ1v) is 7.88.